The van der Waals surface area contributed by atoms with Gasteiger partial charge in [0.05, 0.1) is 7.11 Å². The molecule has 1 aliphatic carbocycles. The molecule has 3 nitrogen and oxygen atoms in total. The molecule has 2 N–H and O–H groups in total. The predicted octanol–water partition coefficient (Wildman–Crippen LogP) is 3.13. The van der Waals surface area contributed by atoms with Crippen LogP contribution < -0.4 is 10.5 Å². The van der Waals surface area contributed by atoms with E-state index >= 15 is 0 Å². The third-order valence-electron chi connectivity index (χ3n) is 4.76. The molecule has 1 aromatic carbocycles. The molecule has 3 heteroatoms. The molecule has 0 aromatic heterocycles. The number of hydrogen-bond donors (Lipinski definition) is 1. The molecular weight excluding hydrogens is 248 g/mol. The highest BCUT2D eigenvalue weighted by molar-refractivity contribution is 5.40. The van der Waals surface area contributed by atoms with Crippen LogP contribution in [0.3, 0.4) is 0 Å². The Balaban J connectivity index is 2.16. The van der Waals surface area contributed by atoms with Crippen LogP contribution in [-0.4, -0.2) is 31.1 Å². The Morgan fingerprint density at radius 2 is 2.20 bits per heavy atom. The van der Waals surface area contributed by atoms with Gasteiger partial charge in [0.1, 0.15) is 5.75 Å². The van der Waals surface area contributed by atoms with Crippen molar-refractivity contribution in [1.29, 1.82) is 0 Å². The number of rotatable bonds is 5. The van der Waals surface area contributed by atoms with Crippen LogP contribution in [0.5, 0.6) is 5.75 Å². The fourth-order valence-corrected chi connectivity index (χ4v) is 3.35. The molecule has 0 saturated heterocycles. The first-order chi connectivity index (χ1) is 9.58. The fraction of sp³-hybridized carbons (Fsp3) is 0.647. The number of fused-ring (bicyclic) bond motifs is 1. The molecule has 1 aromatic rings. The lowest BCUT2D eigenvalue weighted by molar-refractivity contribution is 0.138. The van der Waals surface area contributed by atoms with Crippen LogP contribution in [0.4, 0.5) is 0 Å². The average Bonchev–Trinajstić information content (AvgIpc) is 2.46. The molecule has 20 heavy (non-hydrogen) atoms. The van der Waals surface area contributed by atoms with Crippen LogP contribution in [-0.2, 0) is 6.42 Å². The Kier molecular flexibility index (Phi) is 5.06. The number of methoxy groups -OCH3 is 1. The Bertz CT molecular complexity index is 447. The fourth-order valence-electron chi connectivity index (χ4n) is 3.35. The van der Waals surface area contributed by atoms with E-state index in [4.69, 9.17) is 10.5 Å². The van der Waals surface area contributed by atoms with Gasteiger partial charge in [0.15, 0.2) is 0 Å². The molecule has 0 aliphatic heterocycles. The van der Waals surface area contributed by atoms with Gasteiger partial charge in [0, 0.05) is 18.1 Å². The summed E-state index contributed by atoms with van der Waals surface area (Å²) >= 11 is 0. The van der Waals surface area contributed by atoms with Crippen LogP contribution in [0.2, 0.25) is 0 Å². The van der Waals surface area contributed by atoms with Crippen molar-refractivity contribution in [2.75, 3.05) is 14.2 Å². The molecular formula is C17H28N2O. The lowest BCUT2D eigenvalue weighted by Crippen LogP contribution is -2.47. The number of likely N-dealkylation sites (N-methyl/N-ethyl adjacent to an activating group) is 1. The van der Waals surface area contributed by atoms with Crippen molar-refractivity contribution in [3.8, 4) is 5.75 Å². The monoisotopic (exact) mass is 276 g/mol. The summed E-state index contributed by atoms with van der Waals surface area (Å²) in [5.74, 6) is 0.933. The zero-order valence-corrected chi connectivity index (χ0v) is 13.2. The summed E-state index contributed by atoms with van der Waals surface area (Å²) in [6.07, 6.45) is 4.68. The summed E-state index contributed by atoms with van der Waals surface area (Å²) in [4.78, 5) is 2.47. The molecule has 0 bridgehead atoms. The Morgan fingerprint density at radius 3 is 2.85 bits per heavy atom. The smallest absolute Gasteiger partial charge is 0.119 e. The Hall–Kier alpha value is -1.06. The lowest BCUT2D eigenvalue weighted by atomic mass is 9.83. The standard InChI is InChI=1S/C17H28N2O/c1-5-6-12(2)19(3)16-10-7-13-11-14(20-4)8-9-15(13)17(16)18/h8-9,11-12,16-17H,5-7,10,18H2,1-4H3. The number of ether oxygens (including phenoxy) is 1. The average molecular weight is 276 g/mol. The van der Waals surface area contributed by atoms with Gasteiger partial charge in [0.25, 0.3) is 0 Å². The van der Waals surface area contributed by atoms with Gasteiger partial charge in [-0.1, -0.05) is 19.4 Å². The molecule has 0 saturated carbocycles. The maximum absolute atomic E-state index is 6.53. The van der Waals surface area contributed by atoms with Crippen LogP contribution in [0.1, 0.15) is 50.3 Å². The maximum atomic E-state index is 6.53. The van der Waals surface area contributed by atoms with Gasteiger partial charge in [-0.3, -0.25) is 4.90 Å². The van der Waals surface area contributed by atoms with E-state index in [2.05, 4.69) is 37.9 Å². The van der Waals surface area contributed by atoms with Crippen molar-refractivity contribution in [3.63, 3.8) is 0 Å². The zero-order chi connectivity index (χ0) is 14.7. The van der Waals surface area contributed by atoms with Gasteiger partial charge in [-0.15, -0.1) is 0 Å². The maximum Gasteiger partial charge on any atom is 0.119 e. The van der Waals surface area contributed by atoms with Crippen molar-refractivity contribution in [1.82, 2.24) is 4.90 Å². The first kappa shape index (κ1) is 15.3. The van der Waals surface area contributed by atoms with Crippen molar-refractivity contribution in [2.45, 2.75) is 57.7 Å². The molecule has 0 spiro atoms. The highest BCUT2D eigenvalue weighted by Crippen LogP contribution is 2.34. The highest BCUT2D eigenvalue weighted by atomic mass is 16.5. The highest BCUT2D eigenvalue weighted by Gasteiger charge is 2.31. The topological polar surface area (TPSA) is 38.5 Å². The van der Waals surface area contributed by atoms with E-state index in [9.17, 15) is 0 Å². The van der Waals surface area contributed by atoms with E-state index < -0.39 is 0 Å². The van der Waals surface area contributed by atoms with Gasteiger partial charge < -0.3 is 10.5 Å². The lowest BCUT2D eigenvalue weighted by Gasteiger charge is -2.40. The minimum atomic E-state index is 0.106. The third kappa shape index (κ3) is 2.99. The molecule has 0 heterocycles. The quantitative estimate of drug-likeness (QED) is 0.898. The van der Waals surface area contributed by atoms with Crippen LogP contribution in [0, 0.1) is 0 Å². The SMILES string of the molecule is CCCC(C)N(C)C1CCc2cc(OC)ccc2C1N. The van der Waals surface area contributed by atoms with E-state index in [1.807, 2.05) is 6.07 Å². The van der Waals surface area contributed by atoms with Gasteiger partial charge in [0.2, 0.25) is 0 Å². The van der Waals surface area contributed by atoms with E-state index in [1.54, 1.807) is 7.11 Å². The summed E-state index contributed by atoms with van der Waals surface area (Å²) in [6, 6.07) is 7.45. The molecule has 2 rings (SSSR count). The first-order valence-corrected chi connectivity index (χ1v) is 7.72. The van der Waals surface area contributed by atoms with Gasteiger partial charge in [-0.05, 0) is 56.5 Å². The molecule has 1 aliphatic rings. The summed E-state index contributed by atoms with van der Waals surface area (Å²) < 4.78 is 5.31. The number of aryl methyl sites for hydroxylation is 1. The van der Waals surface area contributed by atoms with E-state index in [-0.39, 0.29) is 6.04 Å². The van der Waals surface area contributed by atoms with Crippen molar-refractivity contribution in [2.24, 2.45) is 5.73 Å². The largest absolute Gasteiger partial charge is 0.497 e. The molecule has 0 fully saturated rings. The Morgan fingerprint density at radius 1 is 1.45 bits per heavy atom. The third-order valence-corrected chi connectivity index (χ3v) is 4.76. The van der Waals surface area contributed by atoms with Gasteiger partial charge in [-0.25, -0.2) is 0 Å². The minimum Gasteiger partial charge on any atom is -0.497 e. The van der Waals surface area contributed by atoms with Crippen LogP contribution in [0.15, 0.2) is 18.2 Å². The summed E-state index contributed by atoms with van der Waals surface area (Å²) in [6.45, 7) is 4.55. The molecule has 0 radical (unpaired) electrons. The zero-order valence-electron chi connectivity index (χ0n) is 13.2. The summed E-state index contributed by atoms with van der Waals surface area (Å²) in [5, 5.41) is 0. The Labute approximate surface area is 123 Å². The second-order valence-electron chi connectivity index (χ2n) is 6.00. The van der Waals surface area contributed by atoms with E-state index in [0.717, 1.165) is 18.6 Å². The van der Waals surface area contributed by atoms with Crippen molar-refractivity contribution >= 4 is 0 Å². The second kappa shape index (κ2) is 6.59. The minimum absolute atomic E-state index is 0.106. The summed E-state index contributed by atoms with van der Waals surface area (Å²) in [5.41, 5.74) is 9.18. The van der Waals surface area contributed by atoms with Crippen molar-refractivity contribution in [3.05, 3.63) is 29.3 Å². The van der Waals surface area contributed by atoms with E-state index in [1.165, 1.54) is 24.0 Å². The summed E-state index contributed by atoms with van der Waals surface area (Å²) in [7, 11) is 3.94. The first-order valence-electron chi connectivity index (χ1n) is 7.72. The van der Waals surface area contributed by atoms with E-state index in [0.29, 0.717) is 12.1 Å². The molecule has 3 atom stereocenters. The second-order valence-corrected chi connectivity index (χ2v) is 6.00. The van der Waals surface area contributed by atoms with Crippen molar-refractivity contribution < 1.29 is 4.74 Å². The number of nitrogens with two attached hydrogens (primary N) is 1. The molecule has 3 unspecified atom stereocenters. The normalized spacial score (nSPS) is 23.5. The number of nitrogens with zero attached hydrogens (tertiary/aromatic N) is 1. The molecule has 0 amide bonds. The van der Waals surface area contributed by atoms with Gasteiger partial charge >= 0.3 is 0 Å². The number of benzene rings is 1. The van der Waals surface area contributed by atoms with Crippen LogP contribution in [0.25, 0.3) is 0 Å². The van der Waals surface area contributed by atoms with Gasteiger partial charge in [-0.2, -0.15) is 0 Å². The van der Waals surface area contributed by atoms with Crippen LogP contribution >= 0.6 is 0 Å². The predicted molar refractivity (Wildman–Crippen MR) is 84.2 cm³/mol. The number of hydrogen-bond acceptors (Lipinski definition) is 3. The molecule has 112 valence electrons.